The minimum absolute atomic E-state index is 0.111. The van der Waals surface area contributed by atoms with Crippen molar-refractivity contribution in [2.45, 2.75) is 13.1 Å². The fourth-order valence-corrected chi connectivity index (χ4v) is 2.77. The van der Waals surface area contributed by atoms with Gasteiger partial charge in [-0.1, -0.05) is 23.7 Å². The molecule has 0 aliphatic rings. The van der Waals surface area contributed by atoms with Crippen LogP contribution in [0.2, 0.25) is 5.02 Å². The van der Waals surface area contributed by atoms with Crippen LogP contribution >= 0.6 is 11.6 Å². The lowest BCUT2D eigenvalue weighted by molar-refractivity contribution is -0.137. The molecule has 0 atom stereocenters. The van der Waals surface area contributed by atoms with Crippen molar-refractivity contribution < 1.29 is 14.3 Å². The van der Waals surface area contributed by atoms with Crippen molar-refractivity contribution in [3.05, 3.63) is 79.7 Å². The second-order valence-corrected chi connectivity index (χ2v) is 5.88. The lowest BCUT2D eigenvalue weighted by Crippen LogP contribution is -2.41. The smallest absolute Gasteiger partial charge is 0.332 e. The highest BCUT2D eigenvalue weighted by molar-refractivity contribution is 6.31. The molecule has 0 radical (unpaired) electrons. The first-order valence-corrected chi connectivity index (χ1v) is 7.64. The summed E-state index contributed by atoms with van der Waals surface area (Å²) in [6, 6.07) is 9.63. The number of aromatic nitrogens is 2. The minimum atomic E-state index is -1.22. The van der Waals surface area contributed by atoms with E-state index < -0.39 is 29.6 Å². The minimum Gasteiger partial charge on any atom is -0.480 e. The number of rotatable bonds is 4. The average molecular weight is 363 g/mol. The van der Waals surface area contributed by atoms with Gasteiger partial charge < -0.3 is 5.11 Å². The molecule has 1 aromatic heterocycles. The lowest BCUT2D eigenvalue weighted by Gasteiger charge is -2.13. The molecule has 6 nitrogen and oxygen atoms in total. The van der Waals surface area contributed by atoms with Crippen molar-refractivity contribution in [2.75, 3.05) is 0 Å². The molecular formula is C17H12ClFN2O4. The van der Waals surface area contributed by atoms with Crippen molar-refractivity contribution in [1.82, 2.24) is 9.13 Å². The Balaban J connectivity index is 2.27. The molecule has 2 aromatic carbocycles. The number of fused-ring (bicyclic) bond motifs is 1. The molecule has 0 amide bonds. The van der Waals surface area contributed by atoms with Crippen LogP contribution in [0.25, 0.3) is 10.9 Å². The predicted molar refractivity (Wildman–Crippen MR) is 90.6 cm³/mol. The SMILES string of the molecule is O=C(O)Cn1c(=O)n(Cc2ccc(F)cc2)c(=O)c2cc(Cl)ccc21. The van der Waals surface area contributed by atoms with Crippen LogP contribution in [-0.4, -0.2) is 20.2 Å². The number of nitrogens with zero attached hydrogens (tertiary/aromatic N) is 2. The summed E-state index contributed by atoms with van der Waals surface area (Å²) >= 11 is 5.92. The number of carbonyl (C=O) groups is 1. The summed E-state index contributed by atoms with van der Waals surface area (Å²) in [7, 11) is 0. The molecule has 8 heteroatoms. The highest BCUT2D eigenvalue weighted by Crippen LogP contribution is 2.15. The van der Waals surface area contributed by atoms with Crippen molar-refractivity contribution in [2.24, 2.45) is 0 Å². The first kappa shape index (κ1) is 16.9. The Bertz CT molecular complexity index is 1090. The van der Waals surface area contributed by atoms with Crippen molar-refractivity contribution in [3.63, 3.8) is 0 Å². The molecule has 3 rings (SSSR count). The van der Waals surface area contributed by atoms with Gasteiger partial charge in [0.25, 0.3) is 5.56 Å². The van der Waals surface area contributed by atoms with Gasteiger partial charge in [-0.2, -0.15) is 0 Å². The summed E-state index contributed by atoms with van der Waals surface area (Å²) < 4.78 is 14.9. The van der Waals surface area contributed by atoms with Crippen molar-refractivity contribution in [3.8, 4) is 0 Å². The number of halogens is 2. The molecule has 0 bridgehead atoms. The molecular weight excluding hydrogens is 351 g/mol. The van der Waals surface area contributed by atoms with E-state index in [9.17, 15) is 18.8 Å². The fourth-order valence-electron chi connectivity index (χ4n) is 2.60. The maximum absolute atomic E-state index is 13.0. The second-order valence-electron chi connectivity index (χ2n) is 5.44. The summed E-state index contributed by atoms with van der Waals surface area (Å²) in [5.74, 6) is -1.66. The Morgan fingerprint density at radius 2 is 1.76 bits per heavy atom. The van der Waals surface area contributed by atoms with Gasteiger partial charge in [0.1, 0.15) is 12.4 Å². The normalized spacial score (nSPS) is 11.0. The summed E-state index contributed by atoms with van der Waals surface area (Å²) in [5.41, 5.74) is -0.624. The Hall–Kier alpha value is -2.93. The summed E-state index contributed by atoms with van der Waals surface area (Å²) in [5, 5.41) is 9.50. The molecule has 25 heavy (non-hydrogen) atoms. The van der Waals surface area contributed by atoms with Crippen LogP contribution in [0.4, 0.5) is 4.39 Å². The van der Waals surface area contributed by atoms with Gasteiger partial charge in [0.2, 0.25) is 0 Å². The Morgan fingerprint density at radius 3 is 2.40 bits per heavy atom. The number of hydrogen-bond acceptors (Lipinski definition) is 3. The van der Waals surface area contributed by atoms with Crippen LogP contribution < -0.4 is 11.2 Å². The van der Waals surface area contributed by atoms with Crippen molar-refractivity contribution >= 4 is 28.5 Å². The van der Waals surface area contributed by atoms with Crippen LogP contribution in [-0.2, 0) is 17.9 Å². The number of benzene rings is 2. The zero-order chi connectivity index (χ0) is 18.1. The van der Waals surface area contributed by atoms with Crippen molar-refractivity contribution in [1.29, 1.82) is 0 Å². The van der Waals surface area contributed by atoms with Gasteiger partial charge >= 0.3 is 11.7 Å². The van der Waals surface area contributed by atoms with Gasteiger partial charge in [-0.05, 0) is 35.9 Å². The van der Waals surface area contributed by atoms with E-state index in [2.05, 4.69) is 0 Å². The molecule has 0 unspecified atom stereocenters. The van der Waals surface area contributed by atoms with E-state index in [0.717, 1.165) is 9.13 Å². The maximum atomic E-state index is 13.0. The second kappa shape index (κ2) is 6.52. The quantitative estimate of drug-likeness (QED) is 0.770. The zero-order valence-corrected chi connectivity index (χ0v) is 13.5. The zero-order valence-electron chi connectivity index (χ0n) is 12.8. The van der Waals surface area contributed by atoms with Gasteiger partial charge in [0.15, 0.2) is 0 Å². The Kier molecular flexibility index (Phi) is 4.41. The molecule has 0 fully saturated rings. The monoisotopic (exact) mass is 362 g/mol. The molecule has 0 saturated carbocycles. The first-order chi connectivity index (χ1) is 11.9. The van der Waals surface area contributed by atoms with Crippen LogP contribution in [0, 0.1) is 5.82 Å². The summed E-state index contributed by atoms with van der Waals surface area (Å²) in [6.45, 7) is -0.708. The topological polar surface area (TPSA) is 81.3 Å². The molecule has 1 heterocycles. The number of aliphatic carboxylic acids is 1. The van der Waals surface area contributed by atoms with E-state index in [1.165, 1.54) is 42.5 Å². The highest BCUT2D eigenvalue weighted by Gasteiger charge is 2.15. The van der Waals surface area contributed by atoms with E-state index in [1.807, 2.05) is 0 Å². The third kappa shape index (κ3) is 3.32. The van der Waals surface area contributed by atoms with Gasteiger partial charge in [0, 0.05) is 5.02 Å². The Morgan fingerprint density at radius 1 is 1.08 bits per heavy atom. The van der Waals surface area contributed by atoms with E-state index in [-0.39, 0.29) is 17.4 Å². The largest absolute Gasteiger partial charge is 0.480 e. The van der Waals surface area contributed by atoms with E-state index >= 15 is 0 Å². The van der Waals surface area contributed by atoms with Gasteiger partial charge in [-0.3, -0.25) is 18.7 Å². The van der Waals surface area contributed by atoms with E-state index in [4.69, 9.17) is 16.7 Å². The number of hydrogen-bond donors (Lipinski definition) is 1. The number of carboxylic acid groups (broad SMARTS) is 1. The average Bonchev–Trinajstić information content (AvgIpc) is 2.57. The number of carboxylic acids is 1. The highest BCUT2D eigenvalue weighted by atomic mass is 35.5. The van der Waals surface area contributed by atoms with Crippen LogP contribution in [0.15, 0.2) is 52.1 Å². The molecule has 0 saturated heterocycles. The van der Waals surface area contributed by atoms with Gasteiger partial charge in [-0.25, -0.2) is 9.18 Å². The lowest BCUT2D eigenvalue weighted by atomic mass is 10.2. The maximum Gasteiger partial charge on any atom is 0.332 e. The third-order valence-electron chi connectivity index (χ3n) is 3.73. The standard InChI is InChI=1S/C17H12ClFN2O4/c18-11-3-6-14-13(7-11)16(24)21(17(25)20(14)9-15(22)23)8-10-1-4-12(19)5-2-10/h1-7H,8-9H2,(H,22,23). The molecule has 128 valence electrons. The van der Waals surface area contributed by atoms with Crippen LogP contribution in [0.5, 0.6) is 0 Å². The van der Waals surface area contributed by atoms with Gasteiger partial charge in [0.05, 0.1) is 17.4 Å². The predicted octanol–water partition coefficient (Wildman–Crippen LogP) is 2.09. The Labute approximate surface area is 145 Å². The molecule has 0 aliphatic heterocycles. The van der Waals surface area contributed by atoms with Crippen LogP contribution in [0.3, 0.4) is 0 Å². The van der Waals surface area contributed by atoms with E-state index in [0.29, 0.717) is 10.6 Å². The summed E-state index contributed by atoms with van der Waals surface area (Å²) in [6.07, 6.45) is 0. The summed E-state index contributed by atoms with van der Waals surface area (Å²) in [4.78, 5) is 36.4. The molecule has 3 aromatic rings. The fraction of sp³-hybridized carbons (Fsp3) is 0.118. The molecule has 0 spiro atoms. The van der Waals surface area contributed by atoms with E-state index in [1.54, 1.807) is 0 Å². The molecule has 1 N–H and O–H groups in total. The third-order valence-corrected chi connectivity index (χ3v) is 3.97. The molecule has 0 aliphatic carbocycles. The van der Waals surface area contributed by atoms with Gasteiger partial charge in [-0.15, -0.1) is 0 Å². The van der Waals surface area contributed by atoms with Crippen LogP contribution in [0.1, 0.15) is 5.56 Å². The first-order valence-electron chi connectivity index (χ1n) is 7.26.